The smallest absolute Gasteiger partial charge is 0.273 e. The van der Waals surface area contributed by atoms with Gasteiger partial charge in [-0.1, -0.05) is 36.0 Å². The highest BCUT2D eigenvalue weighted by Gasteiger charge is 2.14. The Morgan fingerprint density at radius 1 is 1.31 bits per heavy atom. The van der Waals surface area contributed by atoms with Crippen LogP contribution in [0.5, 0.6) is 5.75 Å². The van der Waals surface area contributed by atoms with Gasteiger partial charge in [-0.25, -0.2) is 0 Å². The summed E-state index contributed by atoms with van der Waals surface area (Å²) in [6.45, 7) is 0. The number of amides is 1. The van der Waals surface area contributed by atoms with Crippen molar-refractivity contribution in [2.45, 2.75) is 5.03 Å². The van der Waals surface area contributed by atoms with Gasteiger partial charge in [-0.15, -0.1) is 5.10 Å². The van der Waals surface area contributed by atoms with E-state index in [-0.39, 0.29) is 23.1 Å². The zero-order chi connectivity index (χ0) is 18.5. The second-order valence-corrected chi connectivity index (χ2v) is 6.18. The fraction of sp³-hybridized carbons (Fsp3) is 0.118. The number of non-ortho nitro benzene ring substituents is 1. The summed E-state index contributed by atoms with van der Waals surface area (Å²) < 4.78 is 5.11. The summed E-state index contributed by atoms with van der Waals surface area (Å²) in [5.74, 6) is 0.0578. The van der Waals surface area contributed by atoms with E-state index in [2.05, 4.69) is 15.5 Å². The molecule has 0 saturated heterocycles. The van der Waals surface area contributed by atoms with Crippen molar-refractivity contribution in [2.24, 2.45) is 0 Å². The summed E-state index contributed by atoms with van der Waals surface area (Å²) in [5, 5.41) is 24.1. The fourth-order valence-electron chi connectivity index (χ4n) is 2.33. The number of thioether (sulfide) groups is 1. The third-order valence-electron chi connectivity index (χ3n) is 3.55. The molecule has 0 aliphatic carbocycles. The maximum absolute atomic E-state index is 12.2. The first-order valence-electron chi connectivity index (χ1n) is 7.54. The topological polar surface area (TPSA) is 107 Å². The van der Waals surface area contributed by atoms with Crippen LogP contribution in [0.25, 0.3) is 10.8 Å². The van der Waals surface area contributed by atoms with Crippen molar-refractivity contribution in [3.63, 3.8) is 0 Å². The number of fused-ring (bicyclic) bond motifs is 1. The number of anilines is 1. The fourth-order valence-corrected chi connectivity index (χ4v) is 3.11. The van der Waals surface area contributed by atoms with E-state index >= 15 is 0 Å². The summed E-state index contributed by atoms with van der Waals surface area (Å²) in [6, 6.07) is 11.7. The number of aromatic nitrogens is 2. The van der Waals surface area contributed by atoms with Gasteiger partial charge in [-0.05, 0) is 6.07 Å². The molecule has 0 spiro atoms. The van der Waals surface area contributed by atoms with Gasteiger partial charge in [0.2, 0.25) is 5.91 Å². The van der Waals surface area contributed by atoms with Gasteiger partial charge in [-0.3, -0.25) is 14.9 Å². The molecule has 1 aromatic heterocycles. The quantitative estimate of drug-likeness (QED) is 0.403. The molecule has 3 rings (SSSR count). The molecule has 1 amide bonds. The van der Waals surface area contributed by atoms with Crippen LogP contribution in [0.1, 0.15) is 0 Å². The van der Waals surface area contributed by atoms with Crippen molar-refractivity contribution >= 4 is 39.8 Å². The summed E-state index contributed by atoms with van der Waals surface area (Å²) >= 11 is 1.26. The molecule has 0 aliphatic rings. The molecular formula is C17H14N4O4S. The second-order valence-electron chi connectivity index (χ2n) is 5.22. The van der Waals surface area contributed by atoms with Crippen LogP contribution in [0.15, 0.2) is 53.7 Å². The number of carbonyl (C=O) groups is 1. The molecule has 0 radical (unpaired) electrons. The summed E-state index contributed by atoms with van der Waals surface area (Å²) in [4.78, 5) is 22.5. The monoisotopic (exact) mass is 370 g/mol. The lowest BCUT2D eigenvalue weighted by molar-refractivity contribution is -0.384. The third kappa shape index (κ3) is 3.89. The van der Waals surface area contributed by atoms with E-state index < -0.39 is 4.92 Å². The minimum Gasteiger partial charge on any atom is -0.494 e. The molecule has 0 fully saturated rings. The summed E-state index contributed by atoms with van der Waals surface area (Å²) in [7, 11) is 1.38. The lowest BCUT2D eigenvalue weighted by Crippen LogP contribution is -2.15. The van der Waals surface area contributed by atoms with Crippen LogP contribution in [0, 0.1) is 10.1 Å². The summed E-state index contributed by atoms with van der Waals surface area (Å²) in [6.07, 6.45) is 1.67. The molecule has 26 heavy (non-hydrogen) atoms. The van der Waals surface area contributed by atoms with E-state index in [1.54, 1.807) is 6.20 Å². The highest BCUT2D eigenvalue weighted by molar-refractivity contribution is 8.00. The second kappa shape index (κ2) is 7.79. The number of carbonyl (C=O) groups excluding carboxylic acids is 1. The Balaban J connectivity index is 1.70. The molecule has 0 saturated carbocycles. The van der Waals surface area contributed by atoms with Crippen LogP contribution in [0.2, 0.25) is 0 Å². The number of nitrogens with zero attached hydrogens (tertiary/aromatic N) is 3. The van der Waals surface area contributed by atoms with Crippen molar-refractivity contribution in [2.75, 3.05) is 18.2 Å². The molecule has 1 heterocycles. The molecule has 9 heteroatoms. The zero-order valence-electron chi connectivity index (χ0n) is 13.7. The van der Waals surface area contributed by atoms with Gasteiger partial charge in [0, 0.05) is 16.8 Å². The van der Waals surface area contributed by atoms with Crippen LogP contribution in [0.4, 0.5) is 11.4 Å². The van der Waals surface area contributed by atoms with Crippen LogP contribution in [-0.4, -0.2) is 33.9 Å². The molecule has 3 aromatic rings. The van der Waals surface area contributed by atoms with Gasteiger partial charge >= 0.3 is 0 Å². The number of nitro groups is 1. The predicted molar refractivity (Wildman–Crippen MR) is 98.5 cm³/mol. The van der Waals surface area contributed by atoms with Crippen LogP contribution < -0.4 is 10.1 Å². The normalized spacial score (nSPS) is 10.5. The Morgan fingerprint density at radius 3 is 2.88 bits per heavy atom. The molecule has 8 nitrogen and oxygen atoms in total. The SMILES string of the molecule is COc1cc([N+](=O)[O-])ccc1NC(=O)CSc1nncc2ccccc12. The van der Waals surface area contributed by atoms with E-state index in [0.717, 1.165) is 10.8 Å². The van der Waals surface area contributed by atoms with Gasteiger partial charge in [0.15, 0.2) is 0 Å². The van der Waals surface area contributed by atoms with Gasteiger partial charge in [0.1, 0.15) is 10.8 Å². The van der Waals surface area contributed by atoms with E-state index in [1.807, 2.05) is 24.3 Å². The number of rotatable bonds is 6. The first-order valence-corrected chi connectivity index (χ1v) is 8.52. The minimum atomic E-state index is -0.525. The van der Waals surface area contributed by atoms with Crippen LogP contribution >= 0.6 is 11.8 Å². The zero-order valence-corrected chi connectivity index (χ0v) is 14.5. The third-order valence-corrected chi connectivity index (χ3v) is 4.53. The molecule has 0 atom stereocenters. The lowest BCUT2D eigenvalue weighted by Gasteiger charge is -2.10. The van der Waals surface area contributed by atoms with Crippen LogP contribution in [0.3, 0.4) is 0 Å². The number of nitro benzene ring substituents is 1. The van der Waals surface area contributed by atoms with Crippen LogP contribution in [-0.2, 0) is 4.79 Å². The number of ether oxygens (including phenoxy) is 1. The minimum absolute atomic E-state index is 0.111. The first-order chi connectivity index (χ1) is 12.6. The Bertz CT molecular complexity index is 975. The lowest BCUT2D eigenvalue weighted by atomic mass is 10.2. The number of methoxy groups -OCH3 is 1. The van der Waals surface area contributed by atoms with Gasteiger partial charge in [0.05, 0.1) is 35.7 Å². The van der Waals surface area contributed by atoms with Crippen molar-refractivity contribution in [1.29, 1.82) is 0 Å². The molecule has 132 valence electrons. The van der Waals surface area contributed by atoms with Crippen molar-refractivity contribution in [3.05, 3.63) is 58.8 Å². The number of benzene rings is 2. The van der Waals surface area contributed by atoms with E-state index in [0.29, 0.717) is 10.7 Å². The number of nitrogens with one attached hydrogen (secondary N) is 1. The predicted octanol–water partition coefficient (Wildman–Crippen LogP) is 3.28. The molecule has 2 aromatic carbocycles. The molecule has 1 N–H and O–H groups in total. The van der Waals surface area contributed by atoms with E-state index in [4.69, 9.17) is 4.74 Å². The highest BCUT2D eigenvalue weighted by atomic mass is 32.2. The molecule has 0 unspecified atom stereocenters. The molecule has 0 bridgehead atoms. The van der Waals surface area contributed by atoms with E-state index in [9.17, 15) is 14.9 Å². The Hall–Kier alpha value is -3.20. The largest absolute Gasteiger partial charge is 0.494 e. The maximum atomic E-state index is 12.2. The molecular weight excluding hydrogens is 356 g/mol. The van der Waals surface area contributed by atoms with E-state index in [1.165, 1.54) is 37.1 Å². The Morgan fingerprint density at radius 2 is 2.12 bits per heavy atom. The average Bonchev–Trinajstić information content (AvgIpc) is 2.66. The van der Waals surface area contributed by atoms with Crippen molar-refractivity contribution < 1.29 is 14.5 Å². The highest BCUT2D eigenvalue weighted by Crippen LogP contribution is 2.30. The van der Waals surface area contributed by atoms with Crippen molar-refractivity contribution in [3.8, 4) is 5.75 Å². The van der Waals surface area contributed by atoms with Gasteiger partial charge < -0.3 is 10.1 Å². The van der Waals surface area contributed by atoms with Gasteiger partial charge in [-0.2, -0.15) is 5.10 Å². The Kier molecular flexibility index (Phi) is 5.28. The standard InChI is InChI=1S/C17H14N4O4S/c1-25-15-8-12(21(23)24)6-7-14(15)19-16(22)10-26-17-13-5-3-2-4-11(13)9-18-20-17/h2-9H,10H2,1H3,(H,19,22). The average molecular weight is 370 g/mol. The number of hydrogen-bond donors (Lipinski definition) is 1. The van der Waals surface area contributed by atoms with Gasteiger partial charge in [0.25, 0.3) is 5.69 Å². The maximum Gasteiger partial charge on any atom is 0.273 e. The first kappa shape index (κ1) is 17.6. The molecule has 0 aliphatic heterocycles. The number of hydrogen-bond acceptors (Lipinski definition) is 7. The summed E-state index contributed by atoms with van der Waals surface area (Å²) in [5.41, 5.74) is 0.257. The van der Waals surface area contributed by atoms with Crippen molar-refractivity contribution in [1.82, 2.24) is 10.2 Å². The Labute approximate surface area is 152 Å².